The molecule has 3 heteroatoms. The number of halogens is 2. The maximum Gasteiger partial charge on any atom is 0.128 e. The van der Waals surface area contributed by atoms with Crippen LogP contribution in [0.2, 0.25) is 0 Å². The Labute approximate surface area is 86.3 Å². The van der Waals surface area contributed by atoms with Crippen molar-refractivity contribution in [3.63, 3.8) is 0 Å². The molecule has 0 bridgehead atoms. The van der Waals surface area contributed by atoms with E-state index >= 15 is 0 Å². The first-order chi connectivity index (χ1) is 5.84. The maximum atomic E-state index is 13.4. The number of nitrogens with two attached hydrogens (primary N) is 1. The van der Waals surface area contributed by atoms with Gasteiger partial charge in [-0.25, -0.2) is 4.39 Å². The van der Waals surface area contributed by atoms with Crippen LogP contribution in [-0.2, 0) is 5.54 Å². The van der Waals surface area contributed by atoms with E-state index in [0.717, 1.165) is 10.0 Å². The second-order valence-corrected chi connectivity index (χ2v) is 4.61. The monoisotopic (exact) mass is 245 g/mol. The standard InChI is InChI=1S/C10H13BrFN/c1-6-7(11)4-5-8(12)9(6)10(2,3)13/h4-5H,13H2,1-3H3. The van der Waals surface area contributed by atoms with E-state index in [0.29, 0.717) is 5.56 Å². The summed E-state index contributed by atoms with van der Waals surface area (Å²) in [6, 6.07) is 3.13. The molecule has 0 aliphatic heterocycles. The zero-order valence-corrected chi connectivity index (χ0v) is 9.57. The third-order valence-electron chi connectivity index (χ3n) is 1.99. The van der Waals surface area contributed by atoms with Crippen LogP contribution in [-0.4, -0.2) is 0 Å². The number of rotatable bonds is 1. The third kappa shape index (κ3) is 2.09. The zero-order chi connectivity index (χ0) is 10.2. The molecule has 0 aliphatic carbocycles. The largest absolute Gasteiger partial charge is 0.322 e. The van der Waals surface area contributed by atoms with Crippen LogP contribution in [0.1, 0.15) is 25.0 Å². The molecule has 0 fully saturated rings. The summed E-state index contributed by atoms with van der Waals surface area (Å²) in [5.74, 6) is -0.242. The highest BCUT2D eigenvalue weighted by atomic mass is 79.9. The molecule has 0 atom stereocenters. The second-order valence-electron chi connectivity index (χ2n) is 3.75. The quantitative estimate of drug-likeness (QED) is 0.809. The lowest BCUT2D eigenvalue weighted by Crippen LogP contribution is -2.31. The summed E-state index contributed by atoms with van der Waals surface area (Å²) in [5.41, 5.74) is 6.66. The Balaban J connectivity index is 3.43. The van der Waals surface area contributed by atoms with E-state index in [1.165, 1.54) is 6.07 Å². The molecule has 1 aromatic rings. The summed E-state index contributed by atoms with van der Waals surface area (Å²) in [6.07, 6.45) is 0. The minimum absolute atomic E-state index is 0.242. The molecule has 1 rings (SSSR count). The van der Waals surface area contributed by atoms with Gasteiger partial charge >= 0.3 is 0 Å². The Morgan fingerprint density at radius 2 is 1.92 bits per heavy atom. The molecule has 0 saturated heterocycles. The number of hydrogen-bond donors (Lipinski definition) is 1. The van der Waals surface area contributed by atoms with Crippen molar-refractivity contribution >= 4 is 15.9 Å². The molecular formula is C10H13BrFN. The Kier molecular flexibility index (Phi) is 2.78. The molecule has 2 N–H and O–H groups in total. The zero-order valence-electron chi connectivity index (χ0n) is 7.99. The van der Waals surface area contributed by atoms with Crippen LogP contribution in [0.5, 0.6) is 0 Å². The summed E-state index contributed by atoms with van der Waals surface area (Å²) in [4.78, 5) is 0. The first kappa shape index (κ1) is 10.7. The van der Waals surface area contributed by atoms with Crippen molar-refractivity contribution < 1.29 is 4.39 Å². The second kappa shape index (κ2) is 3.39. The van der Waals surface area contributed by atoms with Crippen LogP contribution >= 0.6 is 15.9 Å². The Morgan fingerprint density at radius 1 is 1.38 bits per heavy atom. The van der Waals surface area contributed by atoms with Gasteiger partial charge in [-0.1, -0.05) is 15.9 Å². The molecular weight excluding hydrogens is 233 g/mol. The summed E-state index contributed by atoms with van der Waals surface area (Å²) in [7, 11) is 0. The van der Waals surface area contributed by atoms with Gasteiger partial charge in [0.25, 0.3) is 0 Å². The topological polar surface area (TPSA) is 26.0 Å². The molecule has 0 radical (unpaired) electrons. The minimum atomic E-state index is -0.641. The number of benzene rings is 1. The molecule has 72 valence electrons. The van der Waals surface area contributed by atoms with Crippen molar-refractivity contribution in [3.05, 3.63) is 33.5 Å². The maximum absolute atomic E-state index is 13.4. The fraction of sp³-hybridized carbons (Fsp3) is 0.400. The van der Waals surface area contributed by atoms with Gasteiger partial charge in [-0.3, -0.25) is 0 Å². The SMILES string of the molecule is Cc1c(Br)ccc(F)c1C(C)(C)N. The van der Waals surface area contributed by atoms with Crippen molar-refractivity contribution in [1.82, 2.24) is 0 Å². The van der Waals surface area contributed by atoms with Gasteiger partial charge in [-0.15, -0.1) is 0 Å². The highest BCUT2D eigenvalue weighted by Crippen LogP contribution is 2.29. The van der Waals surface area contributed by atoms with Gasteiger partial charge in [-0.2, -0.15) is 0 Å². The van der Waals surface area contributed by atoms with Crippen molar-refractivity contribution in [2.75, 3.05) is 0 Å². The van der Waals surface area contributed by atoms with E-state index in [2.05, 4.69) is 15.9 Å². The summed E-state index contributed by atoms with van der Waals surface area (Å²) in [5, 5.41) is 0. The average Bonchev–Trinajstić information content (AvgIpc) is 1.95. The fourth-order valence-corrected chi connectivity index (χ4v) is 1.77. The summed E-state index contributed by atoms with van der Waals surface area (Å²) in [6.45, 7) is 5.45. The van der Waals surface area contributed by atoms with Gasteiger partial charge in [0.2, 0.25) is 0 Å². The first-order valence-electron chi connectivity index (χ1n) is 4.08. The van der Waals surface area contributed by atoms with E-state index < -0.39 is 5.54 Å². The van der Waals surface area contributed by atoms with E-state index in [1.54, 1.807) is 19.9 Å². The predicted molar refractivity (Wildman–Crippen MR) is 56.1 cm³/mol. The van der Waals surface area contributed by atoms with E-state index in [-0.39, 0.29) is 5.82 Å². The first-order valence-corrected chi connectivity index (χ1v) is 4.87. The Hall–Kier alpha value is -0.410. The Morgan fingerprint density at radius 3 is 2.31 bits per heavy atom. The van der Waals surface area contributed by atoms with E-state index in [9.17, 15) is 4.39 Å². The third-order valence-corrected chi connectivity index (χ3v) is 2.85. The van der Waals surface area contributed by atoms with Crippen molar-refractivity contribution in [3.8, 4) is 0 Å². The van der Waals surface area contributed by atoms with E-state index in [1.807, 2.05) is 6.92 Å². The summed E-state index contributed by atoms with van der Waals surface area (Å²) < 4.78 is 14.3. The Bertz CT molecular complexity index is 328. The van der Waals surface area contributed by atoms with Gasteiger partial charge in [0, 0.05) is 15.6 Å². The summed E-state index contributed by atoms with van der Waals surface area (Å²) >= 11 is 3.35. The van der Waals surface area contributed by atoms with Crippen molar-refractivity contribution in [2.45, 2.75) is 26.3 Å². The predicted octanol–water partition coefficient (Wildman–Crippen LogP) is 3.09. The lowest BCUT2D eigenvalue weighted by atomic mass is 9.91. The fourth-order valence-electron chi connectivity index (χ4n) is 1.44. The minimum Gasteiger partial charge on any atom is -0.322 e. The molecule has 0 amide bonds. The molecule has 0 aliphatic rings. The van der Waals surface area contributed by atoms with Crippen LogP contribution in [0.15, 0.2) is 16.6 Å². The van der Waals surface area contributed by atoms with Crippen molar-refractivity contribution in [1.29, 1.82) is 0 Å². The van der Waals surface area contributed by atoms with Gasteiger partial charge in [0.1, 0.15) is 5.82 Å². The average molecular weight is 246 g/mol. The molecule has 1 aromatic carbocycles. The lowest BCUT2D eigenvalue weighted by molar-refractivity contribution is 0.497. The molecule has 0 unspecified atom stereocenters. The normalized spacial score (nSPS) is 11.8. The van der Waals surface area contributed by atoms with E-state index in [4.69, 9.17) is 5.73 Å². The van der Waals surface area contributed by atoms with Gasteiger partial charge in [-0.05, 0) is 38.5 Å². The molecule has 1 nitrogen and oxygen atoms in total. The smallest absolute Gasteiger partial charge is 0.128 e. The van der Waals surface area contributed by atoms with Crippen LogP contribution in [0.3, 0.4) is 0 Å². The molecule has 13 heavy (non-hydrogen) atoms. The van der Waals surface area contributed by atoms with Crippen LogP contribution in [0.4, 0.5) is 4.39 Å². The number of hydrogen-bond acceptors (Lipinski definition) is 1. The van der Waals surface area contributed by atoms with Crippen LogP contribution < -0.4 is 5.73 Å². The van der Waals surface area contributed by atoms with Gasteiger partial charge < -0.3 is 5.73 Å². The van der Waals surface area contributed by atoms with Crippen LogP contribution in [0.25, 0.3) is 0 Å². The lowest BCUT2D eigenvalue weighted by Gasteiger charge is -2.22. The molecule has 0 aromatic heterocycles. The molecule has 0 saturated carbocycles. The van der Waals surface area contributed by atoms with Gasteiger partial charge in [0.05, 0.1) is 0 Å². The highest BCUT2D eigenvalue weighted by Gasteiger charge is 2.22. The van der Waals surface area contributed by atoms with Gasteiger partial charge in [0.15, 0.2) is 0 Å². The molecule has 0 spiro atoms. The van der Waals surface area contributed by atoms with Crippen LogP contribution in [0, 0.1) is 12.7 Å². The highest BCUT2D eigenvalue weighted by molar-refractivity contribution is 9.10. The van der Waals surface area contributed by atoms with Crippen molar-refractivity contribution in [2.24, 2.45) is 5.73 Å². The molecule has 0 heterocycles.